The second-order valence-electron chi connectivity index (χ2n) is 4.89. The molecule has 0 atom stereocenters. The van der Waals surface area contributed by atoms with Gasteiger partial charge in [-0.1, -0.05) is 42.1 Å². The minimum Gasteiger partial charge on any atom is -0.347 e. The lowest BCUT2D eigenvalue weighted by Crippen LogP contribution is -2.33. The summed E-state index contributed by atoms with van der Waals surface area (Å²) in [6.07, 6.45) is 0.202. The average Bonchev–Trinajstić information content (AvgIpc) is 2.55. The topological polar surface area (TPSA) is 58.2 Å². The quantitative estimate of drug-likeness (QED) is 0.754. The Morgan fingerprint density at radius 1 is 0.958 bits per heavy atom. The maximum atomic E-state index is 12.2. The van der Waals surface area contributed by atoms with E-state index < -0.39 is 5.76 Å². The first-order valence-electron chi connectivity index (χ1n) is 7.18. The number of hydrogen-bond acceptors (Lipinski definition) is 3. The van der Waals surface area contributed by atoms with Crippen molar-refractivity contribution in [3.8, 4) is 0 Å². The summed E-state index contributed by atoms with van der Waals surface area (Å²) in [6, 6.07) is 15.3. The number of halogens is 2. The number of rotatable bonds is 7. The van der Waals surface area contributed by atoms with Crippen molar-refractivity contribution in [2.75, 3.05) is 11.9 Å². The van der Waals surface area contributed by atoms with Gasteiger partial charge in [0, 0.05) is 10.6 Å². The molecule has 0 aliphatic rings. The predicted octanol–water partition coefficient (Wildman–Crippen LogP) is 3.30. The number of carbonyl (C=O) groups excluding carboxylic acids is 2. The maximum Gasteiger partial charge on any atom is 0.288 e. The predicted molar refractivity (Wildman–Crippen MR) is 90.1 cm³/mol. The van der Waals surface area contributed by atoms with Gasteiger partial charge in [-0.2, -0.15) is 8.78 Å². The molecular formula is C17H16F2N2O2S. The van der Waals surface area contributed by atoms with Gasteiger partial charge < -0.3 is 10.6 Å². The van der Waals surface area contributed by atoms with E-state index in [-0.39, 0.29) is 24.8 Å². The summed E-state index contributed by atoms with van der Waals surface area (Å²) in [7, 11) is 0. The van der Waals surface area contributed by atoms with Gasteiger partial charge in [0.15, 0.2) is 0 Å². The molecule has 0 aliphatic heterocycles. The Morgan fingerprint density at radius 3 is 2.25 bits per heavy atom. The third-order valence-corrected chi connectivity index (χ3v) is 3.74. The van der Waals surface area contributed by atoms with Crippen LogP contribution >= 0.6 is 11.8 Å². The first kappa shape index (κ1) is 17.9. The highest BCUT2D eigenvalue weighted by Crippen LogP contribution is 2.26. The Bertz CT molecular complexity index is 679. The van der Waals surface area contributed by atoms with Gasteiger partial charge in [-0.05, 0) is 29.8 Å². The van der Waals surface area contributed by atoms with E-state index in [2.05, 4.69) is 10.6 Å². The largest absolute Gasteiger partial charge is 0.347 e. The molecule has 0 bridgehead atoms. The Morgan fingerprint density at radius 2 is 1.62 bits per heavy atom. The van der Waals surface area contributed by atoms with E-state index in [4.69, 9.17) is 0 Å². The molecule has 0 heterocycles. The van der Waals surface area contributed by atoms with Gasteiger partial charge in [-0.25, -0.2) is 0 Å². The molecule has 24 heavy (non-hydrogen) atoms. The van der Waals surface area contributed by atoms with Gasteiger partial charge in [-0.15, -0.1) is 0 Å². The first-order valence-corrected chi connectivity index (χ1v) is 8.06. The molecule has 2 N–H and O–H groups in total. The molecule has 7 heteroatoms. The Kier molecular flexibility index (Phi) is 6.74. The van der Waals surface area contributed by atoms with Gasteiger partial charge in [-0.3, -0.25) is 9.59 Å². The molecule has 2 amide bonds. The zero-order valence-electron chi connectivity index (χ0n) is 12.7. The molecule has 126 valence electrons. The molecule has 2 rings (SSSR count). The van der Waals surface area contributed by atoms with Crippen LogP contribution in [0.1, 0.15) is 5.56 Å². The van der Waals surface area contributed by atoms with Crippen LogP contribution in [0.25, 0.3) is 0 Å². The smallest absolute Gasteiger partial charge is 0.288 e. The van der Waals surface area contributed by atoms with Gasteiger partial charge in [0.1, 0.15) is 0 Å². The Labute approximate surface area is 142 Å². The van der Waals surface area contributed by atoms with Crippen molar-refractivity contribution in [1.82, 2.24) is 5.32 Å². The fourth-order valence-corrected chi connectivity index (χ4v) is 2.45. The van der Waals surface area contributed by atoms with Crippen LogP contribution in [0.2, 0.25) is 0 Å². The van der Waals surface area contributed by atoms with Crippen molar-refractivity contribution in [3.63, 3.8) is 0 Å². The van der Waals surface area contributed by atoms with Crippen molar-refractivity contribution in [2.24, 2.45) is 0 Å². The first-order chi connectivity index (χ1) is 11.5. The molecule has 4 nitrogen and oxygen atoms in total. The maximum absolute atomic E-state index is 12.2. The third-order valence-electron chi connectivity index (χ3n) is 3.02. The SMILES string of the molecule is O=C(Cc1ccccc1)NCC(=O)Nc1ccc(SC(F)F)cc1. The number of hydrogen-bond donors (Lipinski definition) is 2. The number of carbonyl (C=O) groups is 2. The van der Waals surface area contributed by atoms with Gasteiger partial charge >= 0.3 is 0 Å². The summed E-state index contributed by atoms with van der Waals surface area (Å²) in [5, 5.41) is 5.13. The van der Waals surface area contributed by atoms with Crippen LogP contribution in [-0.4, -0.2) is 24.1 Å². The standard InChI is InChI=1S/C17H16F2N2O2S/c18-17(19)24-14-8-6-13(7-9-14)21-16(23)11-20-15(22)10-12-4-2-1-3-5-12/h1-9,17H,10-11H2,(H,20,22)(H,21,23). The van der Waals surface area contributed by atoms with Crippen LogP contribution in [0.4, 0.5) is 14.5 Å². The molecule has 0 aliphatic carbocycles. The van der Waals surface area contributed by atoms with E-state index in [1.807, 2.05) is 30.3 Å². The second-order valence-corrected chi connectivity index (χ2v) is 5.95. The van der Waals surface area contributed by atoms with Gasteiger partial charge in [0.25, 0.3) is 5.76 Å². The van der Waals surface area contributed by atoms with Crippen molar-refractivity contribution < 1.29 is 18.4 Å². The van der Waals surface area contributed by atoms with Gasteiger partial charge in [0.2, 0.25) is 11.8 Å². The fraction of sp³-hybridized carbons (Fsp3) is 0.176. The number of benzene rings is 2. The van der Waals surface area contributed by atoms with Crippen LogP contribution < -0.4 is 10.6 Å². The summed E-state index contributed by atoms with van der Waals surface area (Å²) in [6.45, 7) is -0.154. The molecule has 0 saturated carbocycles. The van der Waals surface area contributed by atoms with Crippen molar-refractivity contribution in [1.29, 1.82) is 0 Å². The summed E-state index contributed by atoms with van der Waals surface area (Å²) in [5.74, 6) is -3.11. The molecule has 0 radical (unpaired) electrons. The average molecular weight is 350 g/mol. The summed E-state index contributed by atoms with van der Waals surface area (Å²) >= 11 is 0.438. The van der Waals surface area contributed by atoms with E-state index in [0.29, 0.717) is 22.3 Å². The molecule has 0 saturated heterocycles. The van der Waals surface area contributed by atoms with E-state index >= 15 is 0 Å². The third kappa shape index (κ3) is 6.37. The van der Waals surface area contributed by atoms with E-state index in [1.165, 1.54) is 24.3 Å². The van der Waals surface area contributed by atoms with Crippen LogP contribution in [0.5, 0.6) is 0 Å². The lowest BCUT2D eigenvalue weighted by Gasteiger charge is -2.08. The van der Waals surface area contributed by atoms with Crippen molar-refractivity contribution >= 4 is 29.3 Å². The van der Waals surface area contributed by atoms with E-state index in [9.17, 15) is 18.4 Å². The van der Waals surface area contributed by atoms with Crippen molar-refractivity contribution in [2.45, 2.75) is 17.1 Å². The number of amides is 2. The molecule has 0 aromatic heterocycles. The second kappa shape index (κ2) is 9.02. The molecular weight excluding hydrogens is 334 g/mol. The van der Waals surface area contributed by atoms with Crippen LogP contribution in [0, 0.1) is 0 Å². The minimum absolute atomic E-state index is 0.154. The Hall–Kier alpha value is -2.41. The minimum atomic E-state index is -2.48. The Balaban J connectivity index is 1.75. The molecule has 0 spiro atoms. The number of alkyl halides is 2. The number of thioether (sulfide) groups is 1. The molecule has 0 unspecified atom stereocenters. The van der Waals surface area contributed by atoms with Gasteiger partial charge in [0.05, 0.1) is 13.0 Å². The summed E-state index contributed by atoms with van der Waals surface area (Å²) in [5.41, 5.74) is 1.35. The van der Waals surface area contributed by atoms with E-state index in [1.54, 1.807) is 0 Å². The lowest BCUT2D eigenvalue weighted by atomic mass is 10.1. The number of nitrogens with one attached hydrogen (secondary N) is 2. The fourth-order valence-electron chi connectivity index (χ4n) is 1.95. The van der Waals surface area contributed by atoms with E-state index in [0.717, 1.165) is 5.56 Å². The summed E-state index contributed by atoms with van der Waals surface area (Å²) < 4.78 is 24.4. The highest BCUT2D eigenvalue weighted by molar-refractivity contribution is 7.99. The van der Waals surface area contributed by atoms with Crippen LogP contribution in [-0.2, 0) is 16.0 Å². The highest BCUT2D eigenvalue weighted by atomic mass is 32.2. The van der Waals surface area contributed by atoms with Crippen LogP contribution in [0.15, 0.2) is 59.5 Å². The molecule has 2 aromatic rings. The van der Waals surface area contributed by atoms with Crippen LogP contribution in [0.3, 0.4) is 0 Å². The van der Waals surface area contributed by atoms with Crippen molar-refractivity contribution in [3.05, 3.63) is 60.2 Å². The molecule has 2 aromatic carbocycles. The zero-order chi connectivity index (χ0) is 17.4. The number of anilines is 1. The summed E-state index contributed by atoms with van der Waals surface area (Å²) in [4.78, 5) is 23.9. The zero-order valence-corrected chi connectivity index (χ0v) is 13.5. The monoisotopic (exact) mass is 350 g/mol. The highest BCUT2D eigenvalue weighted by Gasteiger charge is 2.08. The normalized spacial score (nSPS) is 10.5. The molecule has 0 fully saturated rings. The lowest BCUT2D eigenvalue weighted by molar-refractivity contribution is -0.123.